The Hall–Kier alpha value is -1.35. The number of rotatable bonds is 3. The van der Waals surface area contributed by atoms with Crippen molar-refractivity contribution in [1.82, 2.24) is 4.90 Å². The Morgan fingerprint density at radius 3 is 2.91 bits per heavy atom. The van der Waals surface area contributed by atoms with Gasteiger partial charge in [0, 0.05) is 31.3 Å². The normalized spacial score (nSPS) is 32.7. The number of fused-ring (bicyclic) bond motifs is 1. The van der Waals surface area contributed by atoms with E-state index >= 15 is 0 Å². The molecule has 3 aliphatic rings. The lowest BCUT2D eigenvalue weighted by Gasteiger charge is -2.50. The number of piperidine rings is 1. The van der Waals surface area contributed by atoms with E-state index in [1.165, 1.54) is 24.9 Å². The summed E-state index contributed by atoms with van der Waals surface area (Å²) in [7, 11) is 0. The molecule has 3 heteroatoms. The van der Waals surface area contributed by atoms with E-state index in [1.54, 1.807) is 6.07 Å². The Labute approximate surface area is 132 Å². The van der Waals surface area contributed by atoms with Gasteiger partial charge >= 0.3 is 0 Å². The molecule has 0 aromatic heterocycles. The summed E-state index contributed by atoms with van der Waals surface area (Å²) in [5.74, 6) is 2.21. The lowest BCUT2D eigenvalue weighted by molar-refractivity contribution is -0.125. The first-order chi connectivity index (χ1) is 10.7. The number of phenols is 1. The molecular weight excluding hydrogens is 274 g/mol. The van der Waals surface area contributed by atoms with E-state index in [1.807, 2.05) is 12.1 Å². The van der Waals surface area contributed by atoms with E-state index in [2.05, 4.69) is 11.0 Å². The number of likely N-dealkylation sites (tertiary alicyclic amines) is 1. The molecule has 3 fully saturated rings. The van der Waals surface area contributed by atoms with Crippen LogP contribution < -0.4 is 0 Å². The minimum atomic E-state index is -0.0336. The fourth-order valence-electron chi connectivity index (χ4n) is 4.64. The smallest absolute Gasteiger partial charge is 0.133 e. The molecule has 0 radical (unpaired) electrons. The van der Waals surface area contributed by atoms with Crippen LogP contribution in [0, 0.1) is 11.8 Å². The van der Waals surface area contributed by atoms with Gasteiger partial charge in [0.15, 0.2) is 0 Å². The van der Waals surface area contributed by atoms with Crippen LogP contribution in [0.1, 0.15) is 44.1 Å². The molecule has 2 atom stereocenters. The van der Waals surface area contributed by atoms with Crippen LogP contribution >= 0.6 is 0 Å². The van der Waals surface area contributed by atoms with Gasteiger partial charge in [0.05, 0.1) is 0 Å². The maximum Gasteiger partial charge on any atom is 0.133 e. The molecule has 1 saturated heterocycles. The van der Waals surface area contributed by atoms with Gasteiger partial charge in [-0.2, -0.15) is 0 Å². The van der Waals surface area contributed by atoms with Gasteiger partial charge < -0.3 is 10.0 Å². The fraction of sp³-hybridized carbons (Fsp3) is 0.632. The lowest BCUT2D eigenvalue weighted by Crippen LogP contribution is -2.53. The monoisotopic (exact) mass is 299 g/mol. The predicted octanol–water partition coefficient (Wildman–Crippen LogP) is 3.11. The van der Waals surface area contributed by atoms with Crippen molar-refractivity contribution in [1.29, 1.82) is 0 Å². The van der Waals surface area contributed by atoms with Crippen molar-refractivity contribution in [2.75, 3.05) is 19.6 Å². The molecule has 2 aliphatic carbocycles. The van der Waals surface area contributed by atoms with Crippen LogP contribution in [-0.2, 0) is 10.2 Å². The average Bonchev–Trinajstić information content (AvgIpc) is 3.31. The number of nitrogens with zero attached hydrogens (tertiary/aromatic N) is 1. The van der Waals surface area contributed by atoms with Crippen LogP contribution in [0.2, 0.25) is 0 Å². The predicted molar refractivity (Wildman–Crippen MR) is 85.9 cm³/mol. The maximum absolute atomic E-state index is 12.2. The van der Waals surface area contributed by atoms with E-state index in [9.17, 15) is 9.90 Å². The summed E-state index contributed by atoms with van der Waals surface area (Å²) in [6, 6.07) is 7.65. The van der Waals surface area contributed by atoms with Crippen molar-refractivity contribution >= 4 is 5.78 Å². The molecule has 0 amide bonds. The molecule has 0 spiro atoms. The molecule has 22 heavy (non-hydrogen) atoms. The molecule has 1 aromatic rings. The highest BCUT2D eigenvalue weighted by Crippen LogP contribution is 2.49. The van der Waals surface area contributed by atoms with E-state index < -0.39 is 0 Å². The van der Waals surface area contributed by atoms with Crippen LogP contribution in [0.3, 0.4) is 0 Å². The van der Waals surface area contributed by atoms with Crippen LogP contribution in [0.15, 0.2) is 24.3 Å². The first kappa shape index (κ1) is 14.3. The second kappa shape index (κ2) is 5.38. The third kappa shape index (κ3) is 2.56. The zero-order valence-corrected chi connectivity index (χ0v) is 13.1. The minimum Gasteiger partial charge on any atom is -0.508 e. The Morgan fingerprint density at radius 2 is 2.14 bits per heavy atom. The zero-order chi connectivity index (χ0) is 15.2. The van der Waals surface area contributed by atoms with E-state index in [0.29, 0.717) is 23.9 Å². The minimum absolute atomic E-state index is 0.0336. The van der Waals surface area contributed by atoms with Gasteiger partial charge in [-0.25, -0.2) is 0 Å². The summed E-state index contributed by atoms with van der Waals surface area (Å²) in [5.41, 5.74) is 1.14. The Balaban J connectivity index is 1.62. The van der Waals surface area contributed by atoms with Gasteiger partial charge in [0.1, 0.15) is 11.5 Å². The van der Waals surface area contributed by atoms with Crippen LogP contribution in [0.25, 0.3) is 0 Å². The number of aromatic hydroxyl groups is 1. The van der Waals surface area contributed by atoms with Gasteiger partial charge in [-0.3, -0.25) is 4.79 Å². The molecule has 1 N–H and O–H groups in total. The third-order valence-corrected chi connectivity index (χ3v) is 6.05. The second-order valence-electron chi connectivity index (χ2n) is 7.61. The van der Waals surface area contributed by atoms with Crippen molar-refractivity contribution in [3.63, 3.8) is 0 Å². The first-order valence-corrected chi connectivity index (χ1v) is 8.69. The molecular formula is C19H25NO2. The van der Waals surface area contributed by atoms with Crippen molar-refractivity contribution in [3.05, 3.63) is 29.8 Å². The van der Waals surface area contributed by atoms with Crippen molar-refractivity contribution in [2.45, 2.75) is 43.9 Å². The van der Waals surface area contributed by atoms with Crippen LogP contribution in [-0.4, -0.2) is 35.4 Å². The summed E-state index contributed by atoms with van der Waals surface area (Å²) in [6.45, 7) is 3.47. The highest BCUT2D eigenvalue weighted by molar-refractivity contribution is 5.81. The van der Waals surface area contributed by atoms with Crippen molar-refractivity contribution < 1.29 is 9.90 Å². The summed E-state index contributed by atoms with van der Waals surface area (Å²) >= 11 is 0. The summed E-state index contributed by atoms with van der Waals surface area (Å²) in [4.78, 5) is 14.8. The van der Waals surface area contributed by atoms with Crippen LogP contribution in [0.4, 0.5) is 0 Å². The number of carbonyl (C=O) groups excluding carboxylic acids is 1. The third-order valence-electron chi connectivity index (χ3n) is 6.05. The lowest BCUT2D eigenvalue weighted by atomic mass is 9.59. The largest absolute Gasteiger partial charge is 0.508 e. The molecule has 2 saturated carbocycles. The quantitative estimate of drug-likeness (QED) is 0.932. The highest BCUT2D eigenvalue weighted by atomic mass is 16.3. The number of benzene rings is 1. The second-order valence-corrected chi connectivity index (χ2v) is 7.61. The summed E-state index contributed by atoms with van der Waals surface area (Å²) in [6.07, 6.45) is 6.27. The number of Topliss-reactive ketones (excluding diaryl/α,β-unsaturated/α-hetero) is 1. The molecule has 0 bridgehead atoms. The molecule has 3 nitrogen and oxygen atoms in total. The number of hydrogen-bond donors (Lipinski definition) is 1. The number of phenolic OH excluding ortho intramolecular Hbond substituents is 1. The zero-order valence-electron chi connectivity index (χ0n) is 13.1. The number of ketones is 1. The maximum atomic E-state index is 12.2. The first-order valence-electron chi connectivity index (χ1n) is 8.69. The molecule has 1 aromatic carbocycles. The van der Waals surface area contributed by atoms with Gasteiger partial charge in [-0.15, -0.1) is 0 Å². The molecule has 118 valence electrons. The van der Waals surface area contributed by atoms with E-state index in [4.69, 9.17) is 0 Å². The molecule has 4 rings (SSSR count). The Morgan fingerprint density at radius 1 is 1.27 bits per heavy atom. The SMILES string of the molecule is O=C1CC[C@H]2CN(CC3CC3)CC[C@]2(c2cccc(O)c2)C1. The van der Waals surface area contributed by atoms with E-state index in [-0.39, 0.29) is 5.41 Å². The Kier molecular flexibility index (Phi) is 3.48. The summed E-state index contributed by atoms with van der Waals surface area (Å²) < 4.78 is 0. The van der Waals surface area contributed by atoms with Crippen molar-refractivity contribution in [2.24, 2.45) is 11.8 Å². The van der Waals surface area contributed by atoms with Gasteiger partial charge in [-0.05, 0) is 61.8 Å². The molecule has 1 aliphatic heterocycles. The molecule has 0 unspecified atom stereocenters. The highest BCUT2D eigenvalue weighted by Gasteiger charge is 2.48. The Bertz CT molecular complexity index is 581. The fourth-order valence-corrected chi connectivity index (χ4v) is 4.64. The van der Waals surface area contributed by atoms with Crippen LogP contribution in [0.5, 0.6) is 5.75 Å². The molecule has 1 heterocycles. The van der Waals surface area contributed by atoms with Crippen molar-refractivity contribution in [3.8, 4) is 5.75 Å². The standard InChI is InChI=1S/C19H25NO2/c21-17-3-1-2-15(10-17)19-8-9-20(12-14-4-5-14)13-16(19)6-7-18(22)11-19/h1-3,10,14,16,21H,4-9,11-13H2/t16-,19+/m0/s1. The van der Waals surface area contributed by atoms with Gasteiger partial charge in [0.25, 0.3) is 0 Å². The number of carbonyl (C=O) groups is 1. The summed E-state index contributed by atoms with van der Waals surface area (Å²) in [5, 5.41) is 9.88. The topological polar surface area (TPSA) is 40.5 Å². The average molecular weight is 299 g/mol. The van der Waals surface area contributed by atoms with E-state index in [0.717, 1.165) is 38.3 Å². The van der Waals surface area contributed by atoms with Gasteiger partial charge in [0.2, 0.25) is 0 Å². The number of hydrogen-bond acceptors (Lipinski definition) is 3. The van der Waals surface area contributed by atoms with Gasteiger partial charge in [-0.1, -0.05) is 12.1 Å².